The minimum Gasteiger partial charge on any atom is -0.491 e. The van der Waals surface area contributed by atoms with E-state index in [0.717, 1.165) is 11.4 Å². The molecule has 0 bridgehead atoms. The van der Waals surface area contributed by atoms with Gasteiger partial charge in [-0.05, 0) is 63.1 Å². The lowest BCUT2D eigenvalue weighted by Crippen LogP contribution is -2.33. The molecule has 3 rings (SSSR count). The molecule has 0 saturated heterocycles. The van der Waals surface area contributed by atoms with Crippen LogP contribution in [0.3, 0.4) is 0 Å². The molecule has 8 heteroatoms. The maximum absolute atomic E-state index is 13.9. The van der Waals surface area contributed by atoms with Gasteiger partial charge in [-0.25, -0.2) is 4.39 Å². The Kier molecular flexibility index (Phi) is 7.98. The van der Waals surface area contributed by atoms with Crippen molar-refractivity contribution < 1.29 is 13.7 Å². The Morgan fingerprint density at radius 2 is 1.90 bits per heavy atom. The third-order valence-corrected chi connectivity index (χ3v) is 4.30. The third-order valence-electron chi connectivity index (χ3n) is 4.30. The molecule has 3 aromatic rings. The van der Waals surface area contributed by atoms with Gasteiger partial charge in [-0.2, -0.15) is 4.98 Å². The van der Waals surface area contributed by atoms with Gasteiger partial charge in [-0.15, -0.1) is 0 Å². The number of aryl methyl sites for hydroxylation is 1. The molecule has 1 aromatic heterocycles. The predicted molar refractivity (Wildman–Crippen MR) is 119 cm³/mol. The largest absolute Gasteiger partial charge is 0.491 e. The van der Waals surface area contributed by atoms with Crippen LogP contribution in [-0.2, 0) is 12.8 Å². The summed E-state index contributed by atoms with van der Waals surface area (Å²) < 4.78 is 24.7. The summed E-state index contributed by atoms with van der Waals surface area (Å²) >= 11 is 0. The molecule has 0 spiro atoms. The lowest BCUT2D eigenvalue weighted by Gasteiger charge is -2.14. The zero-order valence-corrected chi connectivity index (χ0v) is 18.1. The Hall–Kier alpha value is -3.42. The SMILES string of the molecule is Cc1noc(CCN=C(NCCc2ccccc2F)Nc2ccc(OC(C)C)cc2)n1. The van der Waals surface area contributed by atoms with Crippen LogP contribution in [0.25, 0.3) is 0 Å². The van der Waals surface area contributed by atoms with Crippen molar-refractivity contribution in [3.63, 3.8) is 0 Å². The Labute approximate surface area is 181 Å². The molecule has 2 N–H and O–H groups in total. The molecule has 0 atom stereocenters. The highest BCUT2D eigenvalue weighted by atomic mass is 19.1. The van der Waals surface area contributed by atoms with E-state index in [9.17, 15) is 4.39 Å². The van der Waals surface area contributed by atoms with Gasteiger partial charge in [0.2, 0.25) is 5.89 Å². The molecule has 0 fully saturated rings. The fourth-order valence-electron chi connectivity index (χ4n) is 2.89. The molecule has 7 nitrogen and oxygen atoms in total. The van der Waals surface area contributed by atoms with Gasteiger partial charge >= 0.3 is 0 Å². The van der Waals surface area contributed by atoms with Crippen LogP contribution in [0.2, 0.25) is 0 Å². The first kappa shape index (κ1) is 22.3. The number of hydrogen-bond acceptors (Lipinski definition) is 5. The fourth-order valence-corrected chi connectivity index (χ4v) is 2.89. The van der Waals surface area contributed by atoms with Gasteiger partial charge in [0.15, 0.2) is 11.8 Å². The first-order valence-electron chi connectivity index (χ1n) is 10.3. The standard InChI is InChI=1S/C23H28FN5O2/c1-16(2)30-20-10-8-19(9-11-20)28-23(26-15-13-22-27-17(3)29-31-22)25-14-12-18-6-4-5-7-21(18)24/h4-11,16H,12-15H2,1-3H3,(H2,25,26,28). The van der Waals surface area contributed by atoms with Crippen LogP contribution in [0.15, 0.2) is 58.0 Å². The van der Waals surface area contributed by atoms with Crippen LogP contribution >= 0.6 is 0 Å². The number of guanidine groups is 1. The average Bonchev–Trinajstić information content (AvgIpc) is 3.15. The van der Waals surface area contributed by atoms with E-state index in [1.165, 1.54) is 6.07 Å². The quantitative estimate of drug-likeness (QED) is 0.396. The highest BCUT2D eigenvalue weighted by Crippen LogP contribution is 2.17. The minimum absolute atomic E-state index is 0.115. The van der Waals surface area contributed by atoms with Crippen LogP contribution in [0.5, 0.6) is 5.75 Å². The molecule has 0 radical (unpaired) electrons. The number of rotatable bonds is 9. The first-order chi connectivity index (χ1) is 15.0. The monoisotopic (exact) mass is 425 g/mol. The number of halogens is 1. The number of aromatic nitrogens is 2. The minimum atomic E-state index is -0.205. The van der Waals surface area contributed by atoms with Gasteiger partial charge in [0.25, 0.3) is 0 Å². The molecule has 31 heavy (non-hydrogen) atoms. The Morgan fingerprint density at radius 1 is 1.13 bits per heavy atom. The molecule has 0 amide bonds. The highest BCUT2D eigenvalue weighted by Gasteiger charge is 2.06. The summed E-state index contributed by atoms with van der Waals surface area (Å²) in [6, 6.07) is 14.4. The molecule has 0 saturated carbocycles. The summed E-state index contributed by atoms with van der Waals surface area (Å²) in [4.78, 5) is 8.78. The van der Waals surface area contributed by atoms with Crippen molar-refractivity contribution in [1.29, 1.82) is 0 Å². The van der Waals surface area contributed by atoms with Gasteiger partial charge in [-0.3, -0.25) is 4.99 Å². The van der Waals surface area contributed by atoms with E-state index >= 15 is 0 Å². The number of nitrogens with zero attached hydrogens (tertiary/aromatic N) is 3. The number of nitrogens with one attached hydrogen (secondary N) is 2. The molecular weight excluding hydrogens is 397 g/mol. The third kappa shape index (κ3) is 7.40. The molecule has 164 valence electrons. The van der Waals surface area contributed by atoms with E-state index in [1.54, 1.807) is 19.1 Å². The zero-order chi connectivity index (χ0) is 22.1. The van der Waals surface area contributed by atoms with E-state index in [1.807, 2.05) is 44.2 Å². The van der Waals surface area contributed by atoms with Crippen LogP contribution in [0.4, 0.5) is 10.1 Å². The maximum atomic E-state index is 13.9. The van der Waals surface area contributed by atoms with Gasteiger partial charge in [0, 0.05) is 18.7 Å². The van der Waals surface area contributed by atoms with E-state index in [0.29, 0.717) is 49.2 Å². The molecule has 2 aromatic carbocycles. The molecule has 1 heterocycles. The molecule has 0 aliphatic heterocycles. The summed E-state index contributed by atoms with van der Waals surface area (Å²) in [5, 5.41) is 10.3. The van der Waals surface area contributed by atoms with Gasteiger partial charge in [0.05, 0.1) is 12.6 Å². The number of anilines is 1. The van der Waals surface area contributed by atoms with E-state index in [2.05, 4.69) is 25.8 Å². The molecular formula is C23H28FN5O2. The zero-order valence-electron chi connectivity index (χ0n) is 18.1. The van der Waals surface area contributed by atoms with Gasteiger partial charge in [-0.1, -0.05) is 23.4 Å². The maximum Gasteiger partial charge on any atom is 0.228 e. The van der Waals surface area contributed by atoms with Crippen molar-refractivity contribution in [2.45, 2.75) is 39.7 Å². The van der Waals surface area contributed by atoms with E-state index < -0.39 is 0 Å². The smallest absolute Gasteiger partial charge is 0.228 e. The van der Waals surface area contributed by atoms with Crippen LogP contribution < -0.4 is 15.4 Å². The second-order valence-corrected chi connectivity index (χ2v) is 7.30. The second-order valence-electron chi connectivity index (χ2n) is 7.30. The van der Waals surface area contributed by atoms with Crippen molar-refractivity contribution in [3.8, 4) is 5.75 Å². The first-order valence-corrected chi connectivity index (χ1v) is 10.3. The summed E-state index contributed by atoms with van der Waals surface area (Å²) in [5.41, 5.74) is 1.52. The number of hydrogen-bond donors (Lipinski definition) is 2. The molecule has 0 unspecified atom stereocenters. The fraction of sp³-hybridized carbons (Fsp3) is 0.348. The van der Waals surface area contributed by atoms with Crippen molar-refractivity contribution >= 4 is 11.6 Å². The highest BCUT2D eigenvalue weighted by molar-refractivity contribution is 5.93. The summed E-state index contributed by atoms with van der Waals surface area (Å²) in [6.07, 6.45) is 1.18. The summed E-state index contributed by atoms with van der Waals surface area (Å²) in [7, 11) is 0. The van der Waals surface area contributed by atoms with Gasteiger partial charge < -0.3 is 19.9 Å². The average molecular weight is 426 g/mol. The number of ether oxygens (including phenoxy) is 1. The van der Waals surface area contributed by atoms with Crippen molar-refractivity contribution in [1.82, 2.24) is 15.5 Å². The van der Waals surface area contributed by atoms with E-state index in [-0.39, 0.29) is 11.9 Å². The van der Waals surface area contributed by atoms with Crippen molar-refractivity contribution in [2.24, 2.45) is 4.99 Å². The lowest BCUT2D eigenvalue weighted by molar-refractivity contribution is 0.242. The van der Waals surface area contributed by atoms with Gasteiger partial charge in [0.1, 0.15) is 11.6 Å². The van der Waals surface area contributed by atoms with E-state index in [4.69, 9.17) is 9.26 Å². The van der Waals surface area contributed by atoms with Crippen LogP contribution in [0, 0.1) is 12.7 Å². The van der Waals surface area contributed by atoms with Crippen LogP contribution in [0.1, 0.15) is 31.1 Å². The summed E-state index contributed by atoms with van der Waals surface area (Å²) in [6.45, 7) is 6.75. The number of benzene rings is 2. The number of aliphatic imine (C=N–C) groups is 1. The van der Waals surface area contributed by atoms with Crippen molar-refractivity contribution in [2.75, 3.05) is 18.4 Å². The Morgan fingerprint density at radius 3 is 2.58 bits per heavy atom. The Balaban J connectivity index is 1.62. The van der Waals surface area contributed by atoms with Crippen LogP contribution in [-0.4, -0.2) is 35.3 Å². The van der Waals surface area contributed by atoms with Crippen molar-refractivity contribution in [3.05, 3.63) is 71.6 Å². The molecule has 0 aliphatic rings. The second kappa shape index (κ2) is 11.1. The predicted octanol–water partition coefficient (Wildman–Crippen LogP) is 4.15. The lowest BCUT2D eigenvalue weighted by atomic mass is 10.1. The normalized spacial score (nSPS) is 11.6. The summed E-state index contributed by atoms with van der Waals surface area (Å²) in [5.74, 6) is 2.33. The topological polar surface area (TPSA) is 84.6 Å². The Bertz CT molecular complexity index is 986. The molecule has 0 aliphatic carbocycles.